The first kappa shape index (κ1) is 32.6. The van der Waals surface area contributed by atoms with E-state index in [2.05, 4.69) is 50.0 Å². The number of nitrogens with one attached hydrogen (secondary N) is 2. The van der Waals surface area contributed by atoms with Crippen LogP contribution >= 0.6 is 0 Å². The van der Waals surface area contributed by atoms with Crippen LogP contribution in [0.2, 0.25) is 0 Å². The van der Waals surface area contributed by atoms with E-state index < -0.39 is 0 Å². The quantitative estimate of drug-likeness (QED) is 0.431. The molecule has 7 heteroatoms. The summed E-state index contributed by atoms with van der Waals surface area (Å²) in [5.74, 6) is 0.114. The number of hydrogen-bond acceptors (Lipinski definition) is 5. The number of carbonyl (C=O) groups is 3. The Labute approximate surface area is 213 Å². The summed E-state index contributed by atoms with van der Waals surface area (Å²) in [6.07, 6.45) is 0.670. The molecular formula is C28H49N3O4. The molecule has 0 unspecified atom stereocenters. The number of methoxy groups -OCH3 is 1. The molecule has 1 aromatic carbocycles. The molecule has 1 rings (SSSR count). The fraction of sp³-hybridized carbons (Fsp3) is 0.679. The molecule has 2 amide bonds. The van der Waals surface area contributed by atoms with Crippen molar-refractivity contribution in [2.24, 2.45) is 17.8 Å². The highest BCUT2D eigenvalue weighted by molar-refractivity contribution is 5.86. The third kappa shape index (κ3) is 11.7. The molecule has 0 bridgehead atoms. The van der Waals surface area contributed by atoms with Gasteiger partial charge in [-0.1, -0.05) is 85.7 Å². The maximum atomic E-state index is 13.0. The molecule has 0 saturated carbocycles. The zero-order chi connectivity index (χ0) is 27.2. The zero-order valence-electron chi connectivity index (χ0n) is 23.6. The first-order valence-electron chi connectivity index (χ1n) is 12.7. The number of carbonyl (C=O) groups excluding carboxylic acids is 3. The lowest BCUT2D eigenvalue weighted by Crippen LogP contribution is -2.51. The van der Waals surface area contributed by atoms with Gasteiger partial charge in [0.05, 0.1) is 20.2 Å². The lowest BCUT2D eigenvalue weighted by Gasteiger charge is -2.34. The lowest BCUT2D eigenvalue weighted by atomic mass is 9.71. The molecule has 0 aliphatic carbocycles. The molecule has 7 nitrogen and oxygen atoms in total. The Morgan fingerprint density at radius 2 is 1.54 bits per heavy atom. The van der Waals surface area contributed by atoms with Crippen molar-refractivity contribution in [2.45, 2.75) is 73.3 Å². The summed E-state index contributed by atoms with van der Waals surface area (Å²) in [4.78, 5) is 38.7. The summed E-state index contributed by atoms with van der Waals surface area (Å²) in [5, 5.41) is 5.87. The van der Waals surface area contributed by atoms with Gasteiger partial charge in [-0.15, -0.1) is 0 Å². The van der Waals surface area contributed by atoms with Crippen LogP contribution in [0.1, 0.15) is 67.4 Å². The van der Waals surface area contributed by atoms with Gasteiger partial charge in [-0.3, -0.25) is 14.4 Å². The Balaban J connectivity index is 0.00000267. The maximum Gasteiger partial charge on any atom is 0.319 e. The highest BCUT2D eigenvalue weighted by Crippen LogP contribution is 2.33. The summed E-state index contributed by atoms with van der Waals surface area (Å²) in [6, 6.07) is 9.85. The van der Waals surface area contributed by atoms with Crippen LogP contribution < -0.4 is 10.6 Å². The molecule has 2 N–H and O–H groups in total. The van der Waals surface area contributed by atoms with E-state index in [0.29, 0.717) is 13.0 Å². The fourth-order valence-electron chi connectivity index (χ4n) is 3.90. The summed E-state index contributed by atoms with van der Waals surface area (Å²) >= 11 is 0. The molecule has 0 spiro atoms. The number of rotatable bonds is 12. The highest BCUT2D eigenvalue weighted by Gasteiger charge is 2.35. The van der Waals surface area contributed by atoms with Crippen LogP contribution in [-0.2, 0) is 24.5 Å². The van der Waals surface area contributed by atoms with Crippen LogP contribution in [0.5, 0.6) is 0 Å². The van der Waals surface area contributed by atoms with Crippen LogP contribution in [-0.4, -0.2) is 62.5 Å². The van der Waals surface area contributed by atoms with Crippen molar-refractivity contribution in [1.29, 1.82) is 0 Å². The number of amides is 2. The number of likely N-dealkylation sites (N-methyl/N-ethyl adjacent to an activating group) is 1. The van der Waals surface area contributed by atoms with Crippen molar-refractivity contribution in [2.75, 3.05) is 33.8 Å². The summed E-state index contributed by atoms with van der Waals surface area (Å²) in [5.41, 5.74) is 0.741. The average Bonchev–Trinajstić information content (AvgIpc) is 2.79. The van der Waals surface area contributed by atoms with Crippen molar-refractivity contribution in [3.05, 3.63) is 35.9 Å². The van der Waals surface area contributed by atoms with Crippen LogP contribution in [0.4, 0.5) is 0 Å². The topological polar surface area (TPSA) is 87.7 Å². The zero-order valence-corrected chi connectivity index (χ0v) is 23.6. The summed E-state index contributed by atoms with van der Waals surface area (Å²) in [6.45, 7) is 17.1. The molecule has 0 radical (unpaired) electrons. The molecule has 0 saturated heterocycles. The number of nitrogens with zero attached hydrogens (tertiary/aromatic N) is 1. The lowest BCUT2D eigenvalue weighted by molar-refractivity contribution is -0.139. The molecule has 200 valence electrons. The van der Waals surface area contributed by atoms with E-state index in [1.165, 1.54) is 7.11 Å². The van der Waals surface area contributed by atoms with E-state index in [0.717, 1.165) is 11.5 Å². The Kier molecular flexibility index (Phi) is 15.2. The SMILES string of the molecule is CC(C)C.CC[C@H](C(=O)NCC(=O)N(C)[C@H](CNCC(=O)OC)C(C)C)C(C)(C)c1ccccc1. The smallest absolute Gasteiger partial charge is 0.319 e. The maximum absolute atomic E-state index is 13.0. The second-order valence-corrected chi connectivity index (χ2v) is 10.5. The van der Waals surface area contributed by atoms with Gasteiger partial charge < -0.3 is 20.3 Å². The second-order valence-electron chi connectivity index (χ2n) is 10.5. The number of hydrogen-bond donors (Lipinski definition) is 2. The van der Waals surface area contributed by atoms with Crippen LogP contribution in [0, 0.1) is 17.8 Å². The van der Waals surface area contributed by atoms with Crippen molar-refractivity contribution < 1.29 is 19.1 Å². The first-order valence-corrected chi connectivity index (χ1v) is 12.7. The van der Waals surface area contributed by atoms with E-state index in [1.807, 2.05) is 51.1 Å². The van der Waals surface area contributed by atoms with Gasteiger partial charge in [0.1, 0.15) is 0 Å². The number of esters is 1. The van der Waals surface area contributed by atoms with E-state index >= 15 is 0 Å². The van der Waals surface area contributed by atoms with Gasteiger partial charge in [-0.25, -0.2) is 0 Å². The van der Waals surface area contributed by atoms with Gasteiger partial charge in [0.15, 0.2) is 0 Å². The van der Waals surface area contributed by atoms with E-state index in [9.17, 15) is 14.4 Å². The van der Waals surface area contributed by atoms with Gasteiger partial charge in [-0.05, 0) is 23.8 Å². The van der Waals surface area contributed by atoms with Crippen LogP contribution in [0.3, 0.4) is 0 Å². The normalized spacial score (nSPS) is 12.9. The van der Waals surface area contributed by atoms with Gasteiger partial charge in [-0.2, -0.15) is 0 Å². The first-order chi connectivity index (χ1) is 16.3. The molecule has 0 aromatic heterocycles. The predicted molar refractivity (Wildman–Crippen MR) is 143 cm³/mol. The van der Waals surface area contributed by atoms with Gasteiger partial charge in [0.2, 0.25) is 11.8 Å². The van der Waals surface area contributed by atoms with Crippen LogP contribution in [0.15, 0.2) is 30.3 Å². The molecule has 0 heterocycles. The molecule has 0 aliphatic rings. The minimum Gasteiger partial charge on any atom is -0.468 e. The summed E-state index contributed by atoms with van der Waals surface area (Å²) in [7, 11) is 3.06. The minimum atomic E-state index is -0.354. The molecule has 1 aromatic rings. The summed E-state index contributed by atoms with van der Waals surface area (Å²) < 4.78 is 4.63. The van der Waals surface area contributed by atoms with Crippen molar-refractivity contribution in [1.82, 2.24) is 15.5 Å². The minimum absolute atomic E-state index is 0.0586. The predicted octanol–water partition coefficient (Wildman–Crippen LogP) is 4.01. The van der Waals surface area contributed by atoms with E-state index in [1.54, 1.807) is 11.9 Å². The highest BCUT2D eigenvalue weighted by atomic mass is 16.5. The monoisotopic (exact) mass is 491 g/mol. The average molecular weight is 492 g/mol. The Morgan fingerprint density at radius 1 is 1.00 bits per heavy atom. The third-order valence-electron chi connectivity index (χ3n) is 6.04. The Hall–Kier alpha value is -2.41. The Bertz CT molecular complexity index is 760. The Morgan fingerprint density at radius 3 is 2.00 bits per heavy atom. The van der Waals surface area contributed by atoms with Crippen molar-refractivity contribution in [3.63, 3.8) is 0 Å². The largest absolute Gasteiger partial charge is 0.468 e. The molecule has 35 heavy (non-hydrogen) atoms. The van der Waals surface area contributed by atoms with E-state index in [4.69, 9.17) is 0 Å². The van der Waals surface area contributed by atoms with Gasteiger partial charge in [0, 0.05) is 31.0 Å². The molecule has 0 aliphatic heterocycles. The molecule has 2 atom stereocenters. The molecule has 0 fully saturated rings. The van der Waals surface area contributed by atoms with Crippen molar-refractivity contribution >= 4 is 17.8 Å². The molecular weight excluding hydrogens is 442 g/mol. The number of ether oxygens (including phenoxy) is 1. The standard InChI is InChI=1S/C24H39N3O4.C4H10/c1-8-19(24(4,5)18-12-10-9-11-13-18)23(30)26-15-21(28)27(6)20(17(2)3)14-25-16-22(29)31-7;1-4(2)3/h9-13,17,19-20,25H,8,14-16H2,1-7H3,(H,26,30);4H,1-3H3/t19-,20-;/m1./s1. The van der Waals surface area contributed by atoms with Crippen LogP contribution in [0.25, 0.3) is 0 Å². The number of benzene rings is 1. The fourth-order valence-corrected chi connectivity index (χ4v) is 3.90. The van der Waals surface area contributed by atoms with E-state index in [-0.39, 0.29) is 54.2 Å². The van der Waals surface area contributed by atoms with Crippen molar-refractivity contribution in [3.8, 4) is 0 Å². The van der Waals surface area contributed by atoms with Gasteiger partial charge in [0.25, 0.3) is 0 Å². The van der Waals surface area contributed by atoms with Gasteiger partial charge >= 0.3 is 5.97 Å². The second kappa shape index (κ2) is 16.3. The third-order valence-corrected chi connectivity index (χ3v) is 6.04.